The Morgan fingerprint density at radius 2 is 1.95 bits per heavy atom. The van der Waals surface area contributed by atoms with Crippen LogP contribution in [0.2, 0.25) is 10.0 Å². The normalized spacial score (nSPS) is 19.0. The Bertz CT molecular complexity index is 1340. The summed E-state index contributed by atoms with van der Waals surface area (Å²) in [6, 6.07) is 21.8. The van der Waals surface area contributed by atoms with Crippen LogP contribution in [-0.4, -0.2) is 34.1 Å². The highest BCUT2D eigenvalue weighted by atomic mass is 35.5. The van der Waals surface area contributed by atoms with E-state index in [9.17, 15) is 4.79 Å². The summed E-state index contributed by atoms with van der Waals surface area (Å²) in [6.45, 7) is 0.806. The first kappa shape index (κ1) is 25.6. The molecule has 1 aliphatic heterocycles. The Morgan fingerprint density at radius 3 is 2.68 bits per heavy atom. The van der Waals surface area contributed by atoms with Gasteiger partial charge < -0.3 is 18.8 Å². The number of anilines is 1. The minimum Gasteiger partial charge on any atom is -0.410 e. The number of carbonyl (C=O) groups is 1. The maximum atomic E-state index is 12.1. The maximum Gasteiger partial charge on any atom is 0.417 e. The lowest BCUT2D eigenvalue weighted by molar-refractivity contribution is -0.184. The molecule has 0 bridgehead atoms. The summed E-state index contributed by atoms with van der Waals surface area (Å²) in [6.07, 6.45) is 4.56. The molecular formula is C27H23Cl2N3O4S. The van der Waals surface area contributed by atoms with Crippen LogP contribution >= 0.6 is 35.0 Å². The average Bonchev–Trinajstić information content (AvgIpc) is 3.55. The van der Waals surface area contributed by atoms with Crippen LogP contribution in [0.4, 0.5) is 10.5 Å². The van der Waals surface area contributed by atoms with Crippen LogP contribution in [0.25, 0.3) is 0 Å². The fourth-order valence-corrected chi connectivity index (χ4v) is 5.36. The van der Waals surface area contributed by atoms with Gasteiger partial charge in [-0.05, 0) is 48.5 Å². The number of hydrogen-bond donors (Lipinski definition) is 1. The number of nitrogens with zero attached hydrogens (tertiary/aromatic N) is 2. The zero-order valence-corrected chi connectivity index (χ0v) is 21.9. The summed E-state index contributed by atoms with van der Waals surface area (Å²) in [4.78, 5) is 17.3. The van der Waals surface area contributed by atoms with Crippen LogP contribution in [-0.2, 0) is 21.8 Å². The molecule has 7 nitrogen and oxygen atoms in total. The summed E-state index contributed by atoms with van der Waals surface area (Å²) in [5.74, 6) is 0.0928. The second-order valence-electron chi connectivity index (χ2n) is 8.33. The lowest BCUT2D eigenvalue weighted by Gasteiger charge is -2.30. The van der Waals surface area contributed by atoms with Crippen molar-refractivity contribution in [1.82, 2.24) is 9.55 Å². The number of hydrogen-bond acceptors (Lipinski definition) is 6. The van der Waals surface area contributed by atoms with Gasteiger partial charge in [0, 0.05) is 39.3 Å². The van der Waals surface area contributed by atoms with E-state index in [4.69, 9.17) is 37.4 Å². The van der Waals surface area contributed by atoms with Crippen molar-refractivity contribution in [2.45, 2.75) is 23.3 Å². The van der Waals surface area contributed by atoms with Gasteiger partial charge in [0.15, 0.2) is 0 Å². The number of nitrogens with one attached hydrogen (secondary N) is 1. The van der Waals surface area contributed by atoms with E-state index in [-0.39, 0.29) is 6.10 Å². The predicted molar refractivity (Wildman–Crippen MR) is 144 cm³/mol. The van der Waals surface area contributed by atoms with E-state index in [2.05, 4.69) is 10.3 Å². The molecule has 10 heteroatoms. The van der Waals surface area contributed by atoms with Crippen molar-refractivity contribution in [1.29, 1.82) is 0 Å². The molecule has 1 aromatic heterocycles. The number of amides is 1. The van der Waals surface area contributed by atoms with Crippen LogP contribution in [0.5, 0.6) is 5.75 Å². The van der Waals surface area contributed by atoms with Gasteiger partial charge in [0.1, 0.15) is 5.75 Å². The molecule has 1 aliphatic rings. The minimum absolute atomic E-state index is 0.168. The Labute approximate surface area is 228 Å². The topological polar surface area (TPSA) is 74.6 Å². The van der Waals surface area contributed by atoms with Gasteiger partial charge in [-0.15, -0.1) is 11.8 Å². The number of imidazole rings is 1. The molecule has 2 atom stereocenters. The van der Waals surface area contributed by atoms with E-state index in [1.165, 1.54) is 0 Å². The summed E-state index contributed by atoms with van der Waals surface area (Å²) in [5.41, 5.74) is 1.36. The summed E-state index contributed by atoms with van der Waals surface area (Å²) in [5, 5.41) is 3.76. The zero-order valence-electron chi connectivity index (χ0n) is 19.6. The number of benzene rings is 3. The molecule has 0 saturated carbocycles. The van der Waals surface area contributed by atoms with E-state index >= 15 is 0 Å². The first-order valence-electron chi connectivity index (χ1n) is 11.5. The van der Waals surface area contributed by atoms with Crippen LogP contribution < -0.4 is 10.1 Å². The molecule has 1 N–H and O–H groups in total. The molecule has 2 heterocycles. The first-order chi connectivity index (χ1) is 18.0. The molecule has 1 fully saturated rings. The Kier molecular flexibility index (Phi) is 8.02. The lowest BCUT2D eigenvalue weighted by atomic mass is 10.1. The summed E-state index contributed by atoms with van der Waals surface area (Å²) in [7, 11) is 0. The fourth-order valence-electron chi connectivity index (χ4n) is 3.94. The van der Waals surface area contributed by atoms with Crippen molar-refractivity contribution in [2.75, 3.05) is 17.7 Å². The molecule has 1 saturated heterocycles. The minimum atomic E-state index is -1.06. The second kappa shape index (κ2) is 11.6. The van der Waals surface area contributed by atoms with E-state index in [1.807, 2.05) is 47.2 Å². The third kappa shape index (κ3) is 6.47. The molecule has 37 heavy (non-hydrogen) atoms. The largest absolute Gasteiger partial charge is 0.417 e. The molecule has 1 amide bonds. The lowest BCUT2D eigenvalue weighted by Crippen LogP contribution is -2.34. The van der Waals surface area contributed by atoms with Gasteiger partial charge in [-0.2, -0.15) is 0 Å². The average molecular weight is 556 g/mol. The van der Waals surface area contributed by atoms with Crippen LogP contribution in [0.15, 0.2) is 96.4 Å². The zero-order chi connectivity index (χ0) is 25.7. The van der Waals surface area contributed by atoms with Gasteiger partial charge in [-0.1, -0.05) is 47.5 Å². The van der Waals surface area contributed by atoms with Crippen molar-refractivity contribution in [3.63, 3.8) is 0 Å². The molecule has 0 aliphatic carbocycles. The van der Waals surface area contributed by atoms with Gasteiger partial charge in [-0.25, -0.2) is 9.78 Å². The second-order valence-corrected chi connectivity index (χ2v) is 10.3. The molecule has 190 valence electrons. The predicted octanol–water partition coefficient (Wildman–Crippen LogP) is 6.86. The highest BCUT2D eigenvalue weighted by Crippen LogP contribution is 2.41. The van der Waals surface area contributed by atoms with Gasteiger partial charge >= 0.3 is 6.09 Å². The first-order valence-corrected chi connectivity index (χ1v) is 13.2. The van der Waals surface area contributed by atoms with Gasteiger partial charge in [0.25, 0.3) is 0 Å². The molecule has 2 unspecified atom stereocenters. The van der Waals surface area contributed by atoms with Crippen LogP contribution in [0.1, 0.15) is 5.56 Å². The highest BCUT2D eigenvalue weighted by Gasteiger charge is 2.45. The molecule has 0 radical (unpaired) electrons. The third-order valence-electron chi connectivity index (χ3n) is 5.64. The number of carbonyl (C=O) groups excluding carboxylic acids is 1. The Hall–Kier alpha value is -3.01. The summed E-state index contributed by atoms with van der Waals surface area (Å²) >= 11 is 14.3. The van der Waals surface area contributed by atoms with E-state index in [0.29, 0.717) is 40.4 Å². The Balaban J connectivity index is 1.20. The van der Waals surface area contributed by atoms with Crippen molar-refractivity contribution in [3.05, 3.63) is 107 Å². The van der Waals surface area contributed by atoms with Crippen molar-refractivity contribution >= 4 is 46.7 Å². The van der Waals surface area contributed by atoms with E-state index in [1.54, 1.807) is 60.7 Å². The van der Waals surface area contributed by atoms with Gasteiger partial charge in [0.2, 0.25) is 5.79 Å². The van der Waals surface area contributed by atoms with Crippen LogP contribution in [0, 0.1) is 0 Å². The Morgan fingerprint density at radius 1 is 1.14 bits per heavy atom. The molecule has 5 rings (SSSR count). The van der Waals surface area contributed by atoms with Gasteiger partial charge in [-0.3, -0.25) is 5.32 Å². The SMILES string of the molecule is O=C(Nc1ccc(SCC2COC(Cn3ccnc3)(c3ccc(Cl)cc3Cl)O2)cc1)Oc1ccccc1. The number of ether oxygens (including phenoxy) is 3. The monoisotopic (exact) mass is 555 g/mol. The molecular weight excluding hydrogens is 533 g/mol. The van der Waals surface area contributed by atoms with Gasteiger partial charge in [0.05, 0.1) is 30.6 Å². The highest BCUT2D eigenvalue weighted by molar-refractivity contribution is 7.99. The number of halogens is 2. The van der Waals surface area contributed by atoms with Crippen molar-refractivity contribution < 1.29 is 19.0 Å². The summed E-state index contributed by atoms with van der Waals surface area (Å²) < 4.78 is 19.9. The number of thioether (sulfide) groups is 1. The fraction of sp³-hybridized carbons (Fsp3) is 0.185. The molecule has 0 spiro atoms. The number of para-hydroxylation sites is 1. The third-order valence-corrected chi connectivity index (χ3v) is 7.33. The maximum absolute atomic E-state index is 12.1. The molecule has 3 aromatic carbocycles. The quantitative estimate of drug-likeness (QED) is 0.239. The number of aromatic nitrogens is 2. The van der Waals surface area contributed by atoms with E-state index < -0.39 is 11.9 Å². The number of rotatable bonds is 8. The van der Waals surface area contributed by atoms with E-state index in [0.717, 1.165) is 10.5 Å². The van der Waals surface area contributed by atoms with Crippen LogP contribution in [0.3, 0.4) is 0 Å². The smallest absolute Gasteiger partial charge is 0.410 e. The van der Waals surface area contributed by atoms with Crippen molar-refractivity contribution in [3.8, 4) is 5.75 Å². The van der Waals surface area contributed by atoms with Crippen molar-refractivity contribution in [2.24, 2.45) is 0 Å². The standard InChI is InChI=1S/C27H23Cl2N3O4S/c28-19-6-11-24(25(29)14-19)27(17-32-13-12-30-18-32)34-15-22(36-27)16-37-23-9-7-20(8-10-23)31-26(33)35-21-4-2-1-3-5-21/h1-14,18,22H,15-17H2,(H,31,33). The molecule has 4 aromatic rings.